The molecule has 0 unspecified atom stereocenters. The Kier molecular flexibility index (Phi) is 6.32. The largest absolute Gasteiger partial charge is 0.385 e. The summed E-state index contributed by atoms with van der Waals surface area (Å²) in [6, 6.07) is 0. The van der Waals surface area contributed by atoms with Crippen LogP contribution < -0.4 is 10.6 Å². The van der Waals surface area contributed by atoms with Gasteiger partial charge in [-0.1, -0.05) is 13.8 Å². The standard InChI is InChI=1S/C13H28N2O/c1-13(2,6-9-16-3)11-15-8-7-14-10-12-4-5-12/h12,14-15H,4-11H2,1-3H3. The monoisotopic (exact) mass is 228 g/mol. The normalized spacial score (nSPS) is 16.7. The van der Waals surface area contributed by atoms with Gasteiger partial charge in [0, 0.05) is 33.4 Å². The van der Waals surface area contributed by atoms with Crippen LogP contribution >= 0.6 is 0 Å². The van der Waals surface area contributed by atoms with E-state index in [1.807, 2.05) is 0 Å². The maximum atomic E-state index is 5.12. The summed E-state index contributed by atoms with van der Waals surface area (Å²) in [5, 5.41) is 7.00. The molecular formula is C13H28N2O. The fourth-order valence-electron chi connectivity index (χ4n) is 1.70. The molecule has 0 aromatic carbocycles. The Labute approximate surface area is 100 Å². The average Bonchev–Trinajstić information content (AvgIpc) is 3.04. The maximum Gasteiger partial charge on any atom is 0.0467 e. The fraction of sp³-hybridized carbons (Fsp3) is 1.00. The van der Waals surface area contributed by atoms with Crippen molar-refractivity contribution in [1.82, 2.24) is 10.6 Å². The van der Waals surface area contributed by atoms with Crippen LogP contribution in [-0.2, 0) is 4.74 Å². The van der Waals surface area contributed by atoms with Crippen molar-refractivity contribution < 1.29 is 4.74 Å². The van der Waals surface area contributed by atoms with E-state index in [-0.39, 0.29) is 0 Å². The van der Waals surface area contributed by atoms with E-state index in [1.165, 1.54) is 19.4 Å². The third-order valence-corrected chi connectivity index (χ3v) is 3.20. The molecular weight excluding hydrogens is 200 g/mol. The molecule has 1 saturated carbocycles. The minimum atomic E-state index is 0.340. The highest BCUT2D eigenvalue weighted by Gasteiger charge is 2.20. The Morgan fingerprint density at radius 2 is 1.88 bits per heavy atom. The van der Waals surface area contributed by atoms with Gasteiger partial charge in [-0.2, -0.15) is 0 Å². The van der Waals surface area contributed by atoms with E-state index in [0.717, 1.165) is 38.6 Å². The van der Waals surface area contributed by atoms with E-state index in [2.05, 4.69) is 24.5 Å². The average molecular weight is 228 g/mol. The van der Waals surface area contributed by atoms with E-state index < -0.39 is 0 Å². The second-order valence-corrected chi connectivity index (χ2v) is 5.73. The fourth-order valence-corrected chi connectivity index (χ4v) is 1.70. The van der Waals surface area contributed by atoms with Crippen LogP contribution in [0.5, 0.6) is 0 Å². The third-order valence-electron chi connectivity index (χ3n) is 3.20. The summed E-state index contributed by atoms with van der Waals surface area (Å²) >= 11 is 0. The molecule has 1 rings (SSSR count). The quantitative estimate of drug-likeness (QED) is 0.558. The SMILES string of the molecule is COCCC(C)(C)CNCCNCC1CC1. The minimum absolute atomic E-state index is 0.340. The van der Waals surface area contributed by atoms with Crippen LogP contribution in [0.25, 0.3) is 0 Å². The maximum absolute atomic E-state index is 5.12. The van der Waals surface area contributed by atoms with Crippen molar-refractivity contribution in [2.75, 3.05) is 39.9 Å². The van der Waals surface area contributed by atoms with Crippen molar-refractivity contribution in [2.45, 2.75) is 33.1 Å². The van der Waals surface area contributed by atoms with E-state index in [9.17, 15) is 0 Å². The van der Waals surface area contributed by atoms with Gasteiger partial charge in [-0.3, -0.25) is 0 Å². The van der Waals surface area contributed by atoms with Crippen molar-refractivity contribution in [3.8, 4) is 0 Å². The second kappa shape index (κ2) is 7.25. The van der Waals surface area contributed by atoms with Gasteiger partial charge in [0.05, 0.1) is 0 Å². The number of ether oxygens (including phenoxy) is 1. The van der Waals surface area contributed by atoms with Crippen LogP contribution in [0.1, 0.15) is 33.1 Å². The van der Waals surface area contributed by atoms with Crippen molar-refractivity contribution in [2.24, 2.45) is 11.3 Å². The number of nitrogens with one attached hydrogen (secondary N) is 2. The topological polar surface area (TPSA) is 33.3 Å². The van der Waals surface area contributed by atoms with Crippen LogP contribution in [0.15, 0.2) is 0 Å². The first-order chi connectivity index (χ1) is 7.64. The molecule has 0 aromatic heterocycles. The lowest BCUT2D eigenvalue weighted by Gasteiger charge is -2.24. The molecule has 1 fully saturated rings. The summed E-state index contributed by atoms with van der Waals surface area (Å²) in [5.41, 5.74) is 0.340. The van der Waals surface area contributed by atoms with Crippen LogP contribution in [0, 0.1) is 11.3 Å². The summed E-state index contributed by atoms with van der Waals surface area (Å²) in [6.45, 7) is 9.89. The van der Waals surface area contributed by atoms with E-state index in [1.54, 1.807) is 7.11 Å². The lowest BCUT2D eigenvalue weighted by Crippen LogP contribution is -2.35. The molecule has 0 spiro atoms. The van der Waals surface area contributed by atoms with Gasteiger partial charge in [-0.25, -0.2) is 0 Å². The van der Waals surface area contributed by atoms with E-state index >= 15 is 0 Å². The van der Waals surface area contributed by atoms with Gasteiger partial charge < -0.3 is 15.4 Å². The van der Waals surface area contributed by atoms with Gasteiger partial charge in [-0.15, -0.1) is 0 Å². The van der Waals surface area contributed by atoms with Gasteiger partial charge in [0.1, 0.15) is 0 Å². The van der Waals surface area contributed by atoms with Crippen LogP contribution in [0.3, 0.4) is 0 Å². The Morgan fingerprint density at radius 3 is 2.50 bits per heavy atom. The number of hydrogen-bond donors (Lipinski definition) is 2. The first-order valence-corrected chi connectivity index (χ1v) is 6.54. The van der Waals surface area contributed by atoms with Crippen molar-refractivity contribution >= 4 is 0 Å². The summed E-state index contributed by atoms with van der Waals surface area (Å²) in [6.07, 6.45) is 3.99. The molecule has 3 heteroatoms. The zero-order chi connectivity index (χ0) is 11.9. The van der Waals surface area contributed by atoms with E-state index in [4.69, 9.17) is 4.74 Å². The molecule has 0 amide bonds. The summed E-state index contributed by atoms with van der Waals surface area (Å²) < 4.78 is 5.12. The molecule has 96 valence electrons. The summed E-state index contributed by atoms with van der Waals surface area (Å²) in [7, 11) is 1.77. The van der Waals surface area contributed by atoms with Gasteiger partial charge in [0.25, 0.3) is 0 Å². The lowest BCUT2D eigenvalue weighted by molar-refractivity contribution is 0.151. The Balaban J connectivity index is 1.87. The van der Waals surface area contributed by atoms with Gasteiger partial charge in [0.2, 0.25) is 0 Å². The van der Waals surface area contributed by atoms with Crippen LogP contribution in [0.2, 0.25) is 0 Å². The van der Waals surface area contributed by atoms with Gasteiger partial charge in [-0.05, 0) is 37.1 Å². The molecule has 0 aliphatic heterocycles. The molecule has 0 heterocycles. The molecule has 0 radical (unpaired) electrons. The first-order valence-electron chi connectivity index (χ1n) is 6.54. The first kappa shape index (κ1) is 13.9. The molecule has 3 nitrogen and oxygen atoms in total. The number of hydrogen-bond acceptors (Lipinski definition) is 3. The number of methoxy groups -OCH3 is 1. The van der Waals surface area contributed by atoms with Crippen molar-refractivity contribution in [1.29, 1.82) is 0 Å². The smallest absolute Gasteiger partial charge is 0.0467 e. The van der Waals surface area contributed by atoms with Crippen LogP contribution in [-0.4, -0.2) is 39.9 Å². The number of rotatable bonds is 10. The summed E-state index contributed by atoms with van der Waals surface area (Å²) in [5.74, 6) is 0.984. The van der Waals surface area contributed by atoms with Crippen molar-refractivity contribution in [3.63, 3.8) is 0 Å². The molecule has 0 atom stereocenters. The molecule has 0 aromatic rings. The Morgan fingerprint density at radius 1 is 1.19 bits per heavy atom. The zero-order valence-electron chi connectivity index (χ0n) is 11.1. The van der Waals surface area contributed by atoms with Gasteiger partial charge in [0.15, 0.2) is 0 Å². The third kappa shape index (κ3) is 7.20. The predicted octanol–water partition coefficient (Wildman–Crippen LogP) is 1.64. The lowest BCUT2D eigenvalue weighted by atomic mass is 9.90. The van der Waals surface area contributed by atoms with E-state index in [0.29, 0.717) is 5.41 Å². The highest BCUT2D eigenvalue weighted by molar-refractivity contribution is 4.76. The highest BCUT2D eigenvalue weighted by atomic mass is 16.5. The Hall–Kier alpha value is -0.120. The molecule has 0 bridgehead atoms. The second-order valence-electron chi connectivity index (χ2n) is 5.73. The molecule has 1 aliphatic rings. The molecule has 16 heavy (non-hydrogen) atoms. The Bertz CT molecular complexity index is 179. The highest BCUT2D eigenvalue weighted by Crippen LogP contribution is 2.27. The molecule has 1 aliphatic carbocycles. The summed E-state index contributed by atoms with van der Waals surface area (Å²) in [4.78, 5) is 0. The van der Waals surface area contributed by atoms with Crippen LogP contribution in [0.4, 0.5) is 0 Å². The van der Waals surface area contributed by atoms with Crippen molar-refractivity contribution in [3.05, 3.63) is 0 Å². The molecule has 0 saturated heterocycles. The predicted molar refractivity (Wildman–Crippen MR) is 68.7 cm³/mol. The minimum Gasteiger partial charge on any atom is -0.385 e. The van der Waals surface area contributed by atoms with Gasteiger partial charge >= 0.3 is 0 Å². The zero-order valence-corrected chi connectivity index (χ0v) is 11.1. The molecule has 2 N–H and O–H groups in total.